The van der Waals surface area contributed by atoms with Crippen LogP contribution in [0.15, 0.2) is 23.0 Å². The van der Waals surface area contributed by atoms with Crippen LogP contribution in [0.2, 0.25) is 0 Å². The van der Waals surface area contributed by atoms with E-state index < -0.39 is 105 Å². The van der Waals surface area contributed by atoms with Crippen LogP contribution in [-0.2, 0) is 25.6 Å². The summed E-state index contributed by atoms with van der Waals surface area (Å²) < 4.78 is 44.8. The van der Waals surface area contributed by atoms with E-state index in [9.17, 15) is 52.8 Å². The Hall–Kier alpha value is -4.15. The van der Waals surface area contributed by atoms with Gasteiger partial charge in [0.2, 0.25) is 11.7 Å². The molecule has 4 aliphatic carbocycles. The number of primary amides is 1. The minimum absolute atomic E-state index is 0.232. The summed E-state index contributed by atoms with van der Waals surface area (Å²) in [5, 5.41) is 50.3. The van der Waals surface area contributed by atoms with Gasteiger partial charge in [-0.25, -0.2) is 0 Å². The Morgan fingerprint density at radius 1 is 1.18 bits per heavy atom. The number of rotatable bonds is 8. The second kappa shape index (κ2) is 11.3. The van der Waals surface area contributed by atoms with Crippen LogP contribution in [0, 0.1) is 17.8 Å². The molecule has 0 aromatic heterocycles. The summed E-state index contributed by atoms with van der Waals surface area (Å²) in [6, 6.07) is -0.609. The topological polar surface area (TPSA) is 212 Å². The van der Waals surface area contributed by atoms with E-state index in [1.807, 2.05) is 0 Å². The minimum Gasteiger partial charge on any atom is -0.508 e. The van der Waals surface area contributed by atoms with Gasteiger partial charge >= 0.3 is 6.36 Å². The number of aromatic hydroxyl groups is 1. The van der Waals surface area contributed by atoms with Crippen LogP contribution in [0.3, 0.4) is 0 Å². The summed E-state index contributed by atoms with van der Waals surface area (Å²) in [5.74, 6) is -10.6. The molecular formula is C29H33F3N4O9. The third-order valence-electron chi connectivity index (χ3n) is 9.12. The number of nitrogens with one attached hydrogen (secondary N) is 2. The highest BCUT2D eigenvalue weighted by atomic mass is 19.4. The second-order valence-electron chi connectivity index (χ2n) is 12.1. The zero-order valence-corrected chi connectivity index (χ0v) is 24.3. The number of anilines is 1. The molecule has 0 bridgehead atoms. The van der Waals surface area contributed by atoms with Crippen molar-refractivity contribution in [1.29, 1.82) is 0 Å². The van der Waals surface area contributed by atoms with E-state index >= 15 is 0 Å². The zero-order valence-electron chi connectivity index (χ0n) is 24.3. The number of aliphatic hydroxyl groups excluding tert-OH is 2. The predicted molar refractivity (Wildman–Crippen MR) is 150 cm³/mol. The van der Waals surface area contributed by atoms with Crippen LogP contribution >= 0.6 is 0 Å². The summed E-state index contributed by atoms with van der Waals surface area (Å²) in [6.07, 6.45) is -2.91. The highest BCUT2D eigenvalue weighted by molar-refractivity contribution is 6.24. The fraction of sp³-hybridized carbons (Fsp3) is 0.517. The number of carbonyl (C=O) groups excluding carboxylic acids is 4. The Bertz CT molecular complexity index is 1550. The second-order valence-corrected chi connectivity index (χ2v) is 12.1. The molecule has 1 aromatic rings. The number of likely N-dealkylation sites (N-methyl/N-ethyl adjacent to an activating group) is 1. The number of amides is 2. The minimum atomic E-state index is -5.23. The van der Waals surface area contributed by atoms with Crippen LogP contribution in [0.1, 0.15) is 36.8 Å². The molecule has 0 unspecified atom stereocenters. The summed E-state index contributed by atoms with van der Waals surface area (Å²) in [5.41, 5.74) is -0.763. The number of ether oxygens (including phenoxy) is 1. The number of ketones is 2. The molecule has 0 aliphatic heterocycles. The zero-order chi connectivity index (χ0) is 33.2. The van der Waals surface area contributed by atoms with E-state index in [1.54, 1.807) is 0 Å². The van der Waals surface area contributed by atoms with Gasteiger partial charge in [-0.15, -0.1) is 13.2 Å². The van der Waals surface area contributed by atoms with Crippen LogP contribution < -0.4 is 21.1 Å². The number of hydrogen-bond donors (Lipinski definition) is 7. The number of alkyl halides is 3. The number of halogens is 3. The SMILES string of the molecule is CN(C)[C@@H]1C(=O)C(C(N)=O)=C(O)[C@@]2(O)C(=O)C3=C(O)c4c(O)c(NC(=O)CNCC5CCC5)cc(OC(F)(F)F)c4C[C@H]3C[C@@H]12. The predicted octanol–water partition coefficient (Wildman–Crippen LogP) is 1.19. The number of phenols is 1. The smallest absolute Gasteiger partial charge is 0.508 e. The Morgan fingerprint density at radius 2 is 1.84 bits per heavy atom. The van der Waals surface area contributed by atoms with Gasteiger partial charge in [0.25, 0.3) is 5.91 Å². The number of hydrogen-bond acceptors (Lipinski definition) is 11. The molecule has 4 aliphatic rings. The van der Waals surface area contributed by atoms with E-state index in [-0.39, 0.29) is 18.5 Å². The van der Waals surface area contributed by atoms with Gasteiger partial charge in [-0.2, -0.15) is 0 Å². The number of nitrogens with two attached hydrogens (primary N) is 1. The van der Waals surface area contributed by atoms with Crippen LogP contribution in [0.4, 0.5) is 18.9 Å². The fourth-order valence-electron chi connectivity index (χ4n) is 6.87. The molecule has 2 fully saturated rings. The summed E-state index contributed by atoms with van der Waals surface area (Å²) in [7, 11) is 2.83. The molecule has 13 nitrogen and oxygen atoms in total. The molecule has 0 spiro atoms. The molecule has 2 saturated carbocycles. The van der Waals surface area contributed by atoms with Crippen molar-refractivity contribution in [3.63, 3.8) is 0 Å². The van der Waals surface area contributed by atoms with Crippen LogP contribution in [0.5, 0.6) is 11.5 Å². The first kappa shape index (κ1) is 32.2. The number of benzene rings is 1. The molecule has 244 valence electrons. The monoisotopic (exact) mass is 638 g/mol. The van der Waals surface area contributed by atoms with Crippen molar-refractivity contribution in [2.45, 2.75) is 50.1 Å². The average Bonchev–Trinajstić information content (AvgIpc) is 2.89. The lowest BCUT2D eigenvalue weighted by Gasteiger charge is -2.50. The number of phenolic OH excluding ortho intramolecular Hbond substituents is 1. The highest BCUT2D eigenvalue weighted by Gasteiger charge is 2.64. The third kappa shape index (κ3) is 5.40. The van der Waals surface area contributed by atoms with Gasteiger partial charge in [-0.05, 0) is 58.2 Å². The molecule has 1 aromatic carbocycles. The largest absolute Gasteiger partial charge is 0.573 e. The van der Waals surface area contributed by atoms with Crippen molar-refractivity contribution in [2.75, 3.05) is 32.5 Å². The molecule has 4 atom stereocenters. The molecule has 45 heavy (non-hydrogen) atoms. The first-order chi connectivity index (χ1) is 21.0. The Morgan fingerprint density at radius 3 is 2.40 bits per heavy atom. The molecule has 0 heterocycles. The summed E-state index contributed by atoms with van der Waals surface area (Å²) in [6.45, 7) is 0.315. The van der Waals surface area contributed by atoms with Crippen molar-refractivity contribution >= 4 is 34.8 Å². The normalized spacial score (nSPS) is 26.7. The third-order valence-corrected chi connectivity index (χ3v) is 9.12. The van der Waals surface area contributed by atoms with Gasteiger partial charge in [-0.1, -0.05) is 6.42 Å². The van der Waals surface area contributed by atoms with Gasteiger partial charge in [0, 0.05) is 23.1 Å². The average molecular weight is 639 g/mol. The molecule has 16 heteroatoms. The molecule has 8 N–H and O–H groups in total. The van der Waals surface area contributed by atoms with Crippen LogP contribution in [-0.4, -0.2) is 93.9 Å². The summed E-state index contributed by atoms with van der Waals surface area (Å²) >= 11 is 0. The van der Waals surface area contributed by atoms with Crippen molar-refractivity contribution in [3.05, 3.63) is 34.1 Å². The lowest BCUT2D eigenvalue weighted by molar-refractivity contribution is -0.275. The molecule has 0 saturated heterocycles. The standard InChI is InChI=1S/C29H33F3N4O9/c1-36(2)21-14-7-12-6-13-16(45-29(30,31)32)8-15(35-17(37)10-34-9-11-4-3-5-11)22(38)19(13)23(39)18(12)25(41)28(14,44)26(42)20(24(21)40)27(33)43/h8,11-12,14,21,34,38-39,42,44H,3-7,9-10H2,1-2H3,(H2,33,43)(H,35,37)/t12-,14-,21-,28-/m0/s1. The van der Waals surface area contributed by atoms with Gasteiger partial charge in [0.15, 0.2) is 17.1 Å². The van der Waals surface area contributed by atoms with Gasteiger partial charge in [-0.3, -0.25) is 24.1 Å². The van der Waals surface area contributed by atoms with Crippen LogP contribution in [0.25, 0.3) is 5.76 Å². The number of Topliss-reactive ketones (excluding diaryl/α,β-unsaturated/α-hetero) is 2. The number of fused-ring (bicyclic) bond motifs is 3. The van der Waals surface area contributed by atoms with Crippen molar-refractivity contribution in [2.24, 2.45) is 23.5 Å². The lowest BCUT2D eigenvalue weighted by Crippen LogP contribution is -2.65. The van der Waals surface area contributed by atoms with Gasteiger partial charge < -0.3 is 41.5 Å². The Kier molecular flexibility index (Phi) is 8.12. The van der Waals surface area contributed by atoms with Gasteiger partial charge in [0.05, 0.1) is 23.8 Å². The Balaban J connectivity index is 1.60. The molecule has 0 radical (unpaired) electrons. The van der Waals surface area contributed by atoms with Crippen molar-refractivity contribution < 1.29 is 57.5 Å². The first-order valence-corrected chi connectivity index (χ1v) is 14.3. The fourth-order valence-corrected chi connectivity index (χ4v) is 6.87. The molecular weight excluding hydrogens is 605 g/mol. The van der Waals surface area contributed by atoms with Crippen molar-refractivity contribution in [3.8, 4) is 11.5 Å². The molecule has 5 rings (SSSR count). The molecule has 2 amide bonds. The van der Waals surface area contributed by atoms with Gasteiger partial charge in [0.1, 0.15) is 22.8 Å². The first-order valence-electron chi connectivity index (χ1n) is 14.3. The highest BCUT2D eigenvalue weighted by Crippen LogP contribution is 2.55. The van der Waals surface area contributed by atoms with E-state index in [2.05, 4.69) is 15.4 Å². The quantitative estimate of drug-likeness (QED) is 0.159. The maximum Gasteiger partial charge on any atom is 0.573 e. The number of nitrogens with zero attached hydrogens (tertiary/aromatic N) is 1. The van der Waals surface area contributed by atoms with E-state index in [1.165, 1.54) is 19.0 Å². The number of aliphatic hydroxyl groups is 3. The maximum absolute atomic E-state index is 14.0. The lowest BCUT2D eigenvalue weighted by atomic mass is 9.57. The van der Waals surface area contributed by atoms with E-state index in [4.69, 9.17) is 5.73 Å². The summed E-state index contributed by atoms with van der Waals surface area (Å²) in [4.78, 5) is 53.2. The van der Waals surface area contributed by atoms with E-state index in [0.29, 0.717) is 12.5 Å². The Labute approximate surface area is 254 Å². The van der Waals surface area contributed by atoms with E-state index in [0.717, 1.165) is 25.3 Å². The maximum atomic E-state index is 14.0. The van der Waals surface area contributed by atoms with Crippen molar-refractivity contribution in [1.82, 2.24) is 10.2 Å². The number of carbonyl (C=O) groups is 4.